The first-order valence-corrected chi connectivity index (χ1v) is 5.21. The molecule has 0 radical (unpaired) electrons. The molecule has 2 rings (SSSR count). The molecular formula is C12H15N3O. The summed E-state index contributed by atoms with van der Waals surface area (Å²) >= 11 is 0. The Balaban J connectivity index is 2.24. The average Bonchev–Trinajstić information content (AvgIpc) is 2.83. The third kappa shape index (κ3) is 1.78. The summed E-state index contributed by atoms with van der Waals surface area (Å²) in [4.78, 5) is 16.0. The van der Waals surface area contributed by atoms with Gasteiger partial charge in [-0.2, -0.15) is 0 Å². The predicted molar refractivity (Wildman–Crippen MR) is 61.4 cm³/mol. The monoisotopic (exact) mass is 217 g/mol. The molecule has 4 heteroatoms. The van der Waals surface area contributed by atoms with E-state index in [-0.39, 0.29) is 5.78 Å². The minimum atomic E-state index is 0.124. The van der Waals surface area contributed by atoms with E-state index in [1.807, 2.05) is 31.5 Å². The summed E-state index contributed by atoms with van der Waals surface area (Å²) in [7, 11) is 1.97. The fourth-order valence-electron chi connectivity index (χ4n) is 1.77. The first-order valence-electron chi connectivity index (χ1n) is 5.21. The smallest absolute Gasteiger partial charge is 0.184 e. The molecule has 0 atom stereocenters. The van der Waals surface area contributed by atoms with E-state index in [0.717, 1.165) is 17.0 Å². The number of aryl methyl sites for hydroxylation is 1. The maximum atomic E-state index is 12.0. The van der Waals surface area contributed by atoms with Gasteiger partial charge in [0.15, 0.2) is 5.78 Å². The normalized spacial score (nSPS) is 10.7. The van der Waals surface area contributed by atoms with E-state index < -0.39 is 0 Å². The lowest BCUT2D eigenvalue weighted by Crippen LogP contribution is -2.09. The molecule has 0 spiro atoms. The van der Waals surface area contributed by atoms with E-state index in [2.05, 4.69) is 4.98 Å². The summed E-state index contributed by atoms with van der Waals surface area (Å²) in [6.07, 6.45) is 5.13. The summed E-state index contributed by atoms with van der Waals surface area (Å²) in [5, 5.41) is 0. The van der Waals surface area contributed by atoms with E-state index in [4.69, 9.17) is 0 Å². The highest BCUT2D eigenvalue weighted by atomic mass is 16.1. The van der Waals surface area contributed by atoms with Gasteiger partial charge in [-0.3, -0.25) is 4.79 Å². The van der Waals surface area contributed by atoms with Gasteiger partial charge in [0, 0.05) is 36.4 Å². The van der Waals surface area contributed by atoms with Gasteiger partial charge in [-0.05, 0) is 19.9 Å². The third-order valence-corrected chi connectivity index (χ3v) is 2.96. The number of aromatic nitrogens is 3. The van der Waals surface area contributed by atoms with E-state index in [1.165, 1.54) is 0 Å². The van der Waals surface area contributed by atoms with Crippen LogP contribution in [0.4, 0.5) is 0 Å². The van der Waals surface area contributed by atoms with Gasteiger partial charge in [0.1, 0.15) is 0 Å². The molecule has 0 fully saturated rings. The first kappa shape index (κ1) is 10.7. The van der Waals surface area contributed by atoms with Gasteiger partial charge in [-0.15, -0.1) is 0 Å². The molecule has 0 N–H and O–H groups in total. The molecule has 2 heterocycles. The molecule has 2 aromatic heterocycles. The van der Waals surface area contributed by atoms with Gasteiger partial charge in [-0.25, -0.2) is 4.98 Å². The van der Waals surface area contributed by atoms with Gasteiger partial charge >= 0.3 is 0 Å². The van der Waals surface area contributed by atoms with Crippen molar-refractivity contribution in [2.75, 3.05) is 0 Å². The maximum Gasteiger partial charge on any atom is 0.184 e. The Labute approximate surface area is 94.5 Å². The van der Waals surface area contributed by atoms with Crippen LogP contribution < -0.4 is 0 Å². The number of carbonyl (C=O) groups is 1. The van der Waals surface area contributed by atoms with E-state index in [9.17, 15) is 4.79 Å². The molecule has 2 aromatic rings. The molecule has 16 heavy (non-hydrogen) atoms. The molecule has 0 saturated carbocycles. The molecule has 0 aromatic carbocycles. The van der Waals surface area contributed by atoms with Crippen LogP contribution in [0.2, 0.25) is 0 Å². The maximum absolute atomic E-state index is 12.0. The lowest BCUT2D eigenvalue weighted by molar-refractivity contribution is 0.0971. The van der Waals surface area contributed by atoms with Crippen LogP contribution in [0.25, 0.3) is 0 Å². The van der Waals surface area contributed by atoms with Crippen molar-refractivity contribution in [1.29, 1.82) is 0 Å². The lowest BCUT2D eigenvalue weighted by Gasteiger charge is -2.02. The topological polar surface area (TPSA) is 39.8 Å². The standard InChI is InChI=1S/C12H15N3O/c1-9-6-11(10(2)14(9)3)12(16)7-15-5-4-13-8-15/h4-6,8H,7H2,1-3H3. The molecule has 4 nitrogen and oxygen atoms in total. The van der Waals surface area contributed by atoms with Gasteiger partial charge < -0.3 is 9.13 Å². The highest BCUT2D eigenvalue weighted by Gasteiger charge is 2.13. The molecule has 0 bridgehead atoms. The second-order valence-electron chi connectivity index (χ2n) is 4.00. The van der Waals surface area contributed by atoms with Crippen molar-refractivity contribution in [1.82, 2.24) is 14.1 Å². The lowest BCUT2D eigenvalue weighted by atomic mass is 10.1. The predicted octanol–water partition coefficient (Wildman–Crippen LogP) is 1.72. The molecule has 0 unspecified atom stereocenters. The Bertz CT molecular complexity index is 509. The number of ketones is 1. The Morgan fingerprint density at radius 1 is 1.44 bits per heavy atom. The summed E-state index contributed by atoms with van der Waals surface area (Å²) in [5.41, 5.74) is 2.92. The number of imidazole rings is 1. The average molecular weight is 217 g/mol. The Hall–Kier alpha value is -1.84. The number of Topliss-reactive ketones (excluding diaryl/α,β-unsaturated/α-hetero) is 1. The minimum absolute atomic E-state index is 0.124. The van der Waals surface area contributed by atoms with Crippen molar-refractivity contribution in [3.05, 3.63) is 41.7 Å². The molecule has 0 aliphatic heterocycles. The van der Waals surface area contributed by atoms with Crippen LogP contribution in [0.1, 0.15) is 21.7 Å². The molecule has 84 valence electrons. The van der Waals surface area contributed by atoms with Gasteiger partial charge in [0.25, 0.3) is 0 Å². The number of hydrogen-bond donors (Lipinski definition) is 0. The molecule has 0 aliphatic rings. The van der Waals surface area contributed by atoms with E-state index in [1.54, 1.807) is 23.3 Å². The van der Waals surface area contributed by atoms with E-state index in [0.29, 0.717) is 6.54 Å². The second kappa shape index (κ2) is 3.96. The van der Waals surface area contributed by atoms with Crippen molar-refractivity contribution in [2.24, 2.45) is 7.05 Å². The Morgan fingerprint density at radius 3 is 2.69 bits per heavy atom. The van der Waals surface area contributed by atoms with Gasteiger partial charge in [-0.1, -0.05) is 0 Å². The number of hydrogen-bond acceptors (Lipinski definition) is 2. The number of carbonyl (C=O) groups excluding carboxylic acids is 1. The number of nitrogens with zero attached hydrogens (tertiary/aromatic N) is 3. The van der Waals surface area contributed by atoms with Gasteiger partial charge in [0.2, 0.25) is 0 Å². The van der Waals surface area contributed by atoms with Crippen molar-refractivity contribution in [2.45, 2.75) is 20.4 Å². The zero-order valence-corrected chi connectivity index (χ0v) is 9.77. The zero-order valence-electron chi connectivity index (χ0n) is 9.77. The van der Waals surface area contributed by atoms with Crippen LogP contribution in [0.15, 0.2) is 24.8 Å². The quantitative estimate of drug-likeness (QED) is 0.734. The van der Waals surface area contributed by atoms with Crippen LogP contribution in [-0.2, 0) is 13.6 Å². The minimum Gasteiger partial charge on any atom is -0.351 e. The highest BCUT2D eigenvalue weighted by molar-refractivity contribution is 5.97. The van der Waals surface area contributed by atoms with Crippen molar-refractivity contribution >= 4 is 5.78 Å². The van der Waals surface area contributed by atoms with Gasteiger partial charge in [0.05, 0.1) is 12.9 Å². The molecule has 0 saturated heterocycles. The fourth-order valence-corrected chi connectivity index (χ4v) is 1.77. The van der Waals surface area contributed by atoms with Crippen molar-refractivity contribution < 1.29 is 4.79 Å². The summed E-state index contributed by atoms with van der Waals surface area (Å²) in [6, 6.07) is 1.94. The molecule has 0 amide bonds. The van der Waals surface area contributed by atoms with Crippen LogP contribution in [-0.4, -0.2) is 19.9 Å². The van der Waals surface area contributed by atoms with Crippen LogP contribution in [0, 0.1) is 13.8 Å². The summed E-state index contributed by atoms with van der Waals surface area (Å²) in [5.74, 6) is 0.124. The van der Waals surface area contributed by atoms with Crippen LogP contribution >= 0.6 is 0 Å². The van der Waals surface area contributed by atoms with Crippen molar-refractivity contribution in [3.63, 3.8) is 0 Å². The Morgan fingerprint density at radius 2 is 2.19 bits per heavy atom. The third-order valence-electron chi connectivity index (χ3n) is 2.96. The Kier molecular flexibility index (Phi) is 2.64. The second-order valence-corrected chi connectivity index (χ2v) is 4.00. The first-order chi connectivity index (χ1) is 7.59. The fraction of sp³-hybridized carbons (Fsp3) is 0.333. The van der Waals surface area contributed by atoms with Crippen LogP contribution in [0.5, 0.6) is 0 Å². The largest absolute Gasteiger partial charge is 0.351 e. The molecule has 0 aliphatic carbocycles. The highest BCUT2D eigenvalue weighted by Crippen LogP contribution is 2.14. The van der Waals surface area contributed by atoms with E-state index >= 15 is 0 Å². The SMILES string of the molecule is Cc1cc(C(=O)Cn2ccnc2)c(C)n1C. The zero-order chi connectivity index (χ0) is 11.7. The summed E-state index contributed by atoms with van der Waals surface area (Å²) < 4.78 is 3.81. The van der Waals surface area contributed by atoms with Crippen molar-refractivity contribution in [3.8, 4) is 0 Å². The summed E-state index contributed by atoms with van der Waals surface area (Å²) in [6.45, 7) is 4.32. The number of rotatable bonds is 3. The van der Waals surface area contributed by atoms with Crippen LogP contribution in [0.3, 0.4) is 0 Å². The molecular weight excluding hydrogens is 202 g/mol.